The van der Waals surface area contributed by atoms with E-state index in [0.717, 1.165) is 5.69 Å². The maximum atomic E-state index is 12.9. The van der Waals surface area contributed by atoms with Gasteiger partial charge in [-0.1, -0.05) is 0 Å². The largest absolute Gasteiger partial charge is 0.494 e. The number of rotatable bonds is 5. The van der Waals surface area contributed by atoms with Crippen LogP contribution in [0, 0.1) is 6.92 Å². The highest BCUT2D eigenvalue weighted by atomic mass is 16.3. The molecule has 0 saturated carbocycles. The molecule has 0 fully saturated rings. The van der Waals surface area contributed by atoms with E-state index in [1.54, 1.807) is 48.5 Å². The first-order valence-corrected chi connectivity index (χ1v) is 9.24. The number of aryl methyl sites for hydroxylation is 1. The molecule has 0 unspecified atom stereocenters. The highest BCUT2D eigenvalue weighted by Crippen LogP contribution is 2.28. The van der Waals surface area contributed by atoms with Crippen LogP contribution in [0.25, 0.3) is 10.9 Å². The van der Waals surface area contributed by atoms with Crippen LogP contribution in [0.1, 0.15) is 34.1 Å². The molecule has 0 aliphatic carbocycles. The van der Waals surface area contributed by atoms with Gasteiger partial charge in [0, 0.05) is 52.6 Å². The molecule has 0 saturated heterocycles. The first-order chi connectivity index (χ1) is 14.4. The number of fused-ring (bicyclic) bond motifs is 1. The summed E-state index contributed by atoms with van der Waals surface area (Å²) < 4.78 is 0. The Labute approximate surface area is 171 Å². The number of benzene rings is 2. The first-order valence-electron chi connectivity index (χ1n) is 9.24. The molecule has 2 heterocycles. The molecule has 4 aromatic rings. The van der Waals surface area contributed by atoms with Gasteiger partial charge in [-0.25, -0.2) is 4.99 Å². The van der Waals surface area contributed by atoms with Crippen LogP contribution < -0.4 is 5.32 Å². The number of aromatic nitrogens is 3. The summed E-state index contributed by atoms with van der Waals surface area (Å²) in [6.07, 6.45) is 1.51. The van der Waals surface area contributed by atoms with E-state index in [2.05, 4.69) is 25.5 Å². The van der Waals surface area contributed by atoms with Gasteiger partial charge in [-0.3, -0.25) is 14.7 Å². The molecule has 1 amide bonds. The third kappa shape index (κ3) is 3.83. The third-order valence-electron chi connectivity index (χ3n) is 4.57. The number of carbonyl (C=O) groups excluding carboxylic acids is 2. The number of hydrogen-bond acceptors (Lipinski definition) is 5. The van der Waals surface area contributed by atoms with Gasteiger partial charge in [0.05, 0.1) is 5.56 Å². The standard InChI is InChI=1S/C22H19N5O3/c1-12-9-20(27-26-12)23-11-18-17-10-15(5-8-19(17)25-22(18)30)21(29)14-3-6-16(7-4-14)24-13(2)28/h3-11,25,30H,1-2H3,(H,24,28)(H,26,27). The molecule has 4 N–H and O–H groups in total. The summed E-state index contributed by atoms with van der Waals surface area (Å²) in [5, 5.41) is 20.5. The fraction of sp³-hybridized carbons (Fsp3) is 0.0909. The van der Waals surface area contributed by atoms with Crippen molar-refractivity contribution in [2.24, 2.45) is 4.99 Å². The van der Waals surface area contributed by atoms with E-state index in [4.69, 9.17) is 0 Å². The average Bonchev–Trinajstić information content (AvgIpc) is 3.27. The maximum absolute atomic E-state index is 12.9. The number of aromatic amines is 2. The summed E-state index contributed by atoms with van der Waals surface area (Å²) in [5.74, 6) is 0.113. The Kier molecular flexibility index (Phi) is 4.89. The smallest absolute Gasteiger partial charge is 0.221 e. The van der Waals surface area contributed by atoms with Crippen LogP contribution in [0.2, 0.25) is 0 Å². The summed E-state index contributed by atoms with van der Waals surface area (Å²) in [6.45, 7) is 3.30. The minimum Gasteiger partial charge on any atom is -0.494 e. The zero-order valence-corrected chi connectivity index (χ0v) is 16.4. The first kappa shape index (κ1) is 19.1. The maximum Gasteiger partial charge on any atom is 0.221 e. The minimum absolute atomic E-state index is 0.0368. The molecule has 30 heavy (non-hydrogen) atoms. The number of nitrogens with zero attached hydrogens (tertiary/aromatic N) is 2. The fourth-order valence-corrected chi connectivity index (χ4v) is 3.15. The molecular weight excluding hydrogens is 382 g/mol. The number of H-pyrrole nitrogens is 2. The van der Waals surface area contributed by atoms with E-state index in [0.29, 0.717) is 39.1 Å². The van der Waals surface area contributed by atoms with E-state index in [1.165, 1.54) is 13.1 Å². The molecule has 0 atom stereocenters. The molecule has 8 heteroatoms. The Bertz CT molecular complexity index is 1280. The molecule has 2 aromatic carbocycles. The van der Waals surface area contributed by atoms with Crippen molar-refractivity contribution in [1.29, 1.82) is 0 Å². The predicted molar refractivity (Wildman–Crippen MR) is 115 cm³/mol. The van der Waals surface area contributed by atoms with Gasteiger partial charge in [-0.05, 0) is 49.4 Å². The second-order valence-electron chi connectivity index (χ2n) is 6.90. The van der Waals surface area contributed by atoms with Crippen molar-refractivity contribution in [3.63, 3.8) is 0 Å². The number of aromatic hydroxyl groups is 1. The second kappa shape index (κ2) is 7.67. The van der Waals surface area contributed by atoms with Crippen molar-refractivity contribution in [3.8, 4) is 5.88 Å². The lowest BCUT2D eigenvalue weighted by Crippen LogP contribution is -2.06. The van der Waals surface area contributed by atoms with Crippen LogP contribution >= 0.6 is 0 Å². The molecule has 0 radical (unpaired) electrons. The highest BCUT2D eigenvalue weighted by Gasteiger charge is 2.14. The number of anilines is 1. The molecule has 0 aliphatic heterocycles. The van der Waals surface area contributed by atoms with Gasteiger partial charge >= 0.3 is 0 Å². The third-order valence-corrected chi connectivity index (χ3v) is 4.57. The highest BCUT2D eigenvalue weighted by molar-refractivity contribution is 6.12. The molecule has 0 bridgehead atoms. The van der Waals surface area contributed by atoms with E-state index in [-0.39, 0.29) is 17.6 Å². The summed E-state index contributed by atoms with van der Waals surface area (Å²) in [7, 11) is 0. The Morgan fingerprint density at radius 3 is 2.50 bits per heavy atom. The van der Waals surface area contributed by atoms with Crippen LogP contribution in [-0.2, 0) is 4.79 Å². The summed E-state index contributed by atoms with van der Waals surface area (Å²) in [6, 6.07) is 13.6. The zero-order valence-electron chi connectivity index (χ0n) is 16.4. The molecule has 4 rings (SSSR count). The molecular formula is C22H19N5O3. The second-order valence-corrected chi connectivity index (χ2v) is 6.90. The number of nitrogens with one attached hydrogen (secondary N) is 3. The molecule has 0 spiro atoms. The van der Waals surface area contributed by atoms with E-state index < -0.39 is 0 Å². The molecule has 150 valence electrons. The SMILES string of the molecule is CC(=O)Nc1ccc(C(=O)c2ccc3[nH]c(O)c(C=Nc4cc(C)[nH]n4)c3c2)cc1. The number of carbonyl (C=O) groups is 2. The lowest BCUT2D eigenvalue weighted by molar-refractivity contribution is -0.114. The zero-order chi connectivity index (χ0) is 21.3. The van der Waals surface area contributed by atoms with Gasteiger partial charge in [0.15, 0.2) is 17.5 Å². The molecule has 2 aromatic heterocycles. The van der Waals surface area contributed by atoms with Crippen molar-refractivity contribution in [2.75, 3.05) is 5.32 Å². The van der Waals surface area contributed by atoms with E-state index in [9.17, 15) is 14.7 Å². The van der Waals surface area contributed by atoms with Gasteiger partial charge < -0.3 is 15.4 Å². The van der Waals surface area contributed by atoms with Gasteiger partial charge in [0.25, 0.3) is 0 Å². The minimum atomic E-state index is -0.175. The fourth-order valence-electron chi connectivity index (χ4n) is 3.15. The Morgan fingerprint density at radius 1 is 1.10 bits per heavy atom. The summed E-state index contributed by atoms with van der Waals surface area (Å²) >= 11 is 0. The van der Waals surface area contributed by atoms with Crippen LogP contribution in [0.4, 0.5) is 11.5 Å². The topological polar surface area (TPSA) is 123 Å². The van der Waals surface area contributed by atoms with Crippen LogP contribution in [0.3, 0.4) is 0 Å². The van der Waals surface area contributed by atoms with Crippen molar-refractivity contribution < 1.29 is 14.7 Å². The predicted octanol–water partition coefficient (Wildman–Crippen LogP) is 3.85. The van der Waals surface area contributed by atoms with Gasteiger partial charge in [0.1, 0.15) is 0 Å². The van der Waals surface area contributed by atoms with Gasteiger partial charge in [-0.2, -0.15) is 5.10 Å². The van der Waals surface area contributed by atoms with Crippen molar-refractivity contribution >= 4 is 40.3 Å². The molecule has 8 nitrogen and oxygen atoms in total. The molecule has 0 aliphatic rings. The monoisotopic (exact) mass is 401 g/mol. The number of aliphatic imine (C=N–C) groups is 1. The normalized spacial score (nSPS) is 11.3. The van der Waals surface area contributed by atoms with Crippen LogP contribution in [0.15, 0.2) is 53.5 Å². The Hall–Kier alpha value is -4.20. The summed E-state index contributed by atoms with van der Waals surface area (Å²) in [5.41, 5.74) is 3.62. The number of hydrogen-bond donors (Lipinski definition) is 4. The van der Waals surface area contributed by atoms with E-state index in [1.807, 2.05) is 6.92 Å². The van der Waals surface area contributed by atoms with Gasteiger partial charge in [-0.15, -0.1) is 0 Å². The lowest BCUT2D eigenvalue weighted by Gasteiger charge is -2.05. The van der Waals surface area contributed by atoms with Crippen molar-refractivity contribution in [1.82, 2.24) is 15.2 Å². The van der Waals surface area contributed by atoms with Crippen LogP contribution in [0.5, 0.6) is 5.88 Å². The van der Waals surface area contributed by atoms with E-state index >= 15 is 0 Å². The summed E-state index contributed by atoms with van der Waals surface area (Å²) in [4.78, 5) is 31.2. The van der Waals surface area contributed by atoms with Crippen molar-refractivity contribution in [2.45, 2.75) is 13.8 Å². The van der Waals surface area contributed by atoms with Gasteiger partial charge in [0.2, 0.25) is 5.91 Å². The van der Waals surface area contributed by atoms with Crippen molar-refractivity contribution in [3.05, 3.63) is 70.9 Å². The Morgan fingerprint density at radius 2 is 1.83 bits per heavy atom. The number of ketones is 1. The average molecular weight is 401 g/mol. The quantitative estimate of drug-likeness (QED) is 0.300. The lowest BCUT2D eigenvalue weighted by atomic mass is 10.0. The number of amides is 1. The van der Waals surface area contributed by atoms with Crippen LogP contribution in [-0.4, -0.2) is 38.2 Å². The Balaban J connectivity index is 1.66.